The van der Waals surface area contributed by atoms with E-state index in [-0.39, 0.29) is 31.4 Å². The number of carbonyl (C=O) groups excluding carboxylic acids is 2. The molecule has 1 saturated heterocycles. The average Bonchev–Trinajstić information content (AvgIpc) is 2.76. The summed E-state index contributed by atoms with van der Waals surface area (Å²) in [5.41, 5.74) is 0.406. The summed E-state index contributed by atoms with van der Waals surface area (Å²) < 4.78 is 0. The Morgan fingerprint density at radius 2 is 1.75 bits per heavy atom. The average molecular weight is 299 g/mol. The molecule has 108 valence electrons. The molecule has 1 aliphatic rings. The summed E-state index contributed by atoms with van der Waals surface area (Å²) >= 11 is 5.72. The second kappa shape index (κ2) is 6.21. The number of aliphatic hydroxyl groups excluding tert-OH is 2. The van der Waals surface area contributed by atoms with Crippen molar-refractivity contribution in [2.75, 3.05) is 19.6 Å². The Morgan fingerprint density at radius 1 is 1.20 bits per heavy atom. The van der Waals surface area contributed by atoms with E-state index in [1.54, 1.807) is 24.3 Å². The molecule has 1 heterocycles. The van der Waals surface area contributed by atoms with E-state index >= 15 is 0 Å². The van der Waals surface area contributed by atoms with E-state index in [1.165, 1.54) is 4.90 Å². The number of nitrogens with one attached hydrogen (secondary N) is 1. The molecule has 0 aliphatic carbocycles. The zero-order valence-electron chi connectivity index (χ0n) is 10.6. The van der Waals surface area contributed by atoms with Crippen molar-refractivity contribution in [3.63, 3.8) is 0 Å². The van der Waals surface area contributed by atoms with Gasteiger partial charge in [0.15, 0.2) is 0 Å². The largest absolute Gasteiger partial charge is 0.388 e. The number of hydrogen-bond acceptors (Lipinski definition) is 4. The molecule has 2 amide bonds. The molecule has 0 radical (unpaired) electrons. The SMILES string of the molecule is O=C(NCC(=O)N1CC(O)C(O)C1)c1ccc(Cl)cc1. The molecule has 2 atom stereocenters. The van der Waals surface area contributed by atoms with Gasteiger partial charge in [0.05, 0.1) is 18.8 Å². The molecule has 1 aromatic carbocycles. The lowest BCUT2D eigenvalue weighted by Gasteiger charge is -2.15. The summed E-state index contributed by atoms with van der Waals surface area (Å²) in [6.45, 7) is -0.0193. The predicted octanol–water partition coefficient (Wildman–Crippen LogP) is -0.366. The van der Waals surface area contributed by atoms with Crippen LogP contribution in [0.2, 0.25) is 5.02 Å². The highest BCUT2D eigenvalue weighted by Gasteiger charge is 2.32. The minimum Gasteiger partial charge on any atom is -0.388 e. The van der Waals surface area contributed by atoms with Crippen LogP contribution in [0.1, 0.15) is 10.4 Å². The fraction of sp³-hybridized carbons (Fsp3) is 0.385. The normalized spacial score (nSPS) is 21.9. The van der Waals surface area contributed by atoms with Gasteiger partial charge in [-0.15, -0.1) is 0 Å². The first-order valence-electron chi connectivity index (χ1n) is 6.15. The number of hydrogen-bond donors (Lipinski definition) is 3. The molecule has 1 aromatic rings. The molecule has 0 saturated carbocycles. The van der Waals surface area contributed by atoms with Crippen molar-refractivity contribution in [1.29, 1.82) is 0 Å². The van der Waals surface area contributed by atoms with Crippen LogP contribution in [0.15, 0.2) is 24.3 Å². The van der Waals surface area contributed by atoms with E-state index in [0.717, 1.165) is 0 Å². The van der Waals surface area contributed by atoms with Crippen LogP contribution in [0.3, 0.4) is 0 Å². The third-order valence-electron chi connectivity index (χ3n) is 3.12. The lowest BCUT2D eigenvalue weighted by Crippen LogP contribution is -2.39. The Hall–Kier alpha value is -1.63. The van der Waals surface area contributed by atoms with Crippen LogP contribution in [0.25, 0.3) is 0 Å². The zero-order chi connectivity index (χ0) is 14.7. The highest BCUT2D eigenvalue weighted by Crippen LogP contribution is 2.11. The Morgan fingerprint density at radius 3 is 2.30 bits per heavy atom. The Bertz CT molecular complexity index is 496. The van der Waals surface area contributed by atoms with Crippen LogP contribution >= 0.6 is 11.6 Å². The van der Waals surface area contributed by atoms with Gasteiger partial charge < -0.3 is 20.4 Å². The monoisotopic (exact) mass is 298 g/mol. The number of likely N-dealkylation sites (tertiary alicyclic amines) is 1. The smallest absolute Gasteiger partial charge is 0.251 e. The fourth-order valence-corrected chi connectivity index (χ4v) is 2.07. The standard InChI is InChI=1S/C13H15ClN2O4/c14-9-3-1-8(2-4-9)13(20)15-5-12(19)16-6-10(17)11(18)7-16/h1-4,10-11,17-18H,5-7H2,(H,15,20). The molecule has 0 spiro atoms. The van der Waals surface area contributed by atoms with Crippen molar-refractivity contribution in [2.45, 2.75) is 12.2 Å². The quantitative estimate of drug-likeness (QED) is 0.710. The maximum absolute atomic E-state index is 11.8. The summed E-state index contributed by atoms with van der Waals surface area (Å²) in [5.74, 6) is -0.724. The molecule has 2 rings (SSSR count). The Balaban J connectivity index is 1.84. The first-order chi connectivity index (χ1) is 9.47. The second-order valence-electron chi connectivity index (χ2n) is 4.62. The van der Waals surface area contributed by atoms with Crippen LogP contribution in [-0.4, -0.2) is 58.8 Å². The molecular formula is C13H15ClN2O4. The van der Waals surface area contributed by atoms with Crippen LogP contribution < -0.4 is 5.32 Å². The summed E-state index contributed by atoms with van der Waals surface area (Å²) in [7, 11) is 0. The predicted molar refractivity (Wildman–Crippen MR) is 72.4 cm³/mol. The van der Waals surface area contributed by atoms with Gasteiger partial charge in [0, 0.05) is 23.7 Å². The van der Waals surface area contributed by atoms with Crippen LogP contribution in [0, 0.1) is 0 Å². The van der Waals surface area contributed by atoms with Gasteiger partial charge in [0.2, 0.25) is 5.91 Å². The topological polar surface area (TPSA) is 89.9 Å². The van der Waals surface area contributed by atoms with Gasteiger partial charge in [-0.05, 0) is 24.3 Å². The first-order valence-corrected chi connectivity index (χ1v) is 6.53. The van der Waals surface area contributed by atoms with Gasteiger partial charge in [-0.1, -0.05) is 11.6 Å². The minimum absolute atomic E-state index is 0.0802. The molecule has 1 aliphatic heterocycles. The first kappa shape index (κ1) is 14.8. The summed E-state index contributed by atoms with van der Waals surface area (Å²) in [6, 6.07) is 6.30. The van der Waals surface area contributed by atoms with E-state index in [0.29, 0.717) is 10.6 Å². The van der Waals surface area contributed by atoms with Crippen LogP contribution in [0.4, 0.5) is 0 Å². The minimum atomic E-state index is -0.925. The van der Waals surface area contributed by atoms with Crippen molar-refractivity contribution >= 4 is 23.4 Å². The van der Waals surface area contributed by atoms with E-state index in [2.05, 4.69) is 5.32 Å². The molecule has 0 bridgehead atoms. The number of amides is 2. The van der Waals surface area contributed by atoms with E-state index in [9.17, 15) is 19.8 Å². The number of carbonyl (C=O) groups is 2. The van der Waals surface area contributed by atoms with Crippen LogP contribution in [-0.2, 0) is 4.79 Å². The van der Waals surface area contributed by atoms with Crippen molar-refractivity contribution in [2.24, 2.45) is 0 Å². The molecular weight excluding hydrogens is 284 g/mol. The Labute approximate surface area is 121 Å². The number of benzene rings is 1. The number of β-amino-alcohol motifs (C(OH)–C–C–N with tert-alkyl or cyclic N) is 2. The molecule has 3 N–H and O–H groups in total. The summed E-state index contributed by atoms with van der Waals surface area (Å²) in [4.78, 5) is 24.9. The Kier molecular flexibility index (Phi) is 4.59. The van der Waals surface area contributed by atoms with E-state index in [1.807, 2.05) is 0 Å². The third-order valence-corrected chi connectivity index (χ3v) is 3.37. The van der Waals surface area contributed by atoms with Crippen molar-refractivity contribution in [1.82, 2.24) is 10.2 Å². The van der Waals surface area contributed by atoms with Crippen molar-refractivity contribution in [3.8, 4) is 0 Å². The van der Waals surface area contributed by atoms with Crippen molar-refractivity contribution < 1.29 is 19.8 Å². The molecule has 2 unspecified atom stereocenters. The lowest BCUT2D eigenvalue weighted by molar-refractivity contribution is -0.129. The fourth-order valence-electron chi connectivity index (χ4n) is 1.94. The highest BCUT2D eigenvalue weighted by atomic mass is 35.5. The van der Waals surface area contributed by atoms with Gasteiger partial charge in [-0.3, -0.25) is 9.59 Å². The van der Waals surface area contributed by atoms with Crippen molar-refractivity contribution in [3.05, 3.63) is 34.9 Å². The number of rotatable bonds is 3. The highest BCUT2D eigenvalue weighted by molar-refractivity contribution is 6.30. The summed E-state index contributed by atoms with van der Waals surface area (Å²) in [5, 5.41) is 21.7. The maximum atomic E-state index is 11.8. The molecule has 6 nitrogen and oxygen atoms in total. The number of nitrogens with zero attached hydrogens (tertiary/aromatic N) is 1. The molecule has 1 fully saturated rings. The maximum Gasteiger partial charge on any atom is 0.251 e. The molecule has 0 aromatic heterocycles. The van der Waals surface area contributed by atoms with Gasteiger partial charge >= 0.3 is 0 Å². The zero-order valence-corrected chi connectivity index (χ0v) is 11.4. The van der Waals surface area contributed by atoms with Crippen LogP contribution in [0.5, 0.6) is 0 Å². The van der Waals surface area contributed by atoms with E-state index < -0.39 is 12.2 Å². The van der Waals surface area contributed by atoms with Gasteiger partial charge in [-0.2, -0.15) is 0 Å². The van der Waals surface area contributed by atoms with Gasteiger partial charge in [0.25, 0.3) is 5.91 Å². The lowest BCUT2D eigenvalue weighted by atomic mass is 10.2. The number of halogens is 1. The third kappa shape index (κ3) is 3.47. The second-order valence-corrected chi connectivity index (χ2v) is 5.06. The summed E-state index contributed by atoms with van der Waals surface area (Å²) in [6.07, 6.45) is -1.85. The van der Waals surface area contributed by atoms with Gasteiger partial charge in [0.1, 0.15) is 0 Å². The van der Waals surface area contributed by atoms with E-state index in [4.69, 9.17) is 11.6 Å². The molecule has 20 heavy (non-hydrogen) atoms. The van der Waals surface area contributed by atoms with Gasteiger partial charge in [-0.25, -0.2) is 0 Å². The number of aliphatic hydroxyl groups is 2. The molecule has 7 heteroatoms.